The average Bonchev–Trinajstić information content (AvgIpc) is 2.20. The van der Waals surface area contributed by atoms with Crippen LogP contribution >= 0.6 is 15.9 Å². The van der Waals surface area contributed by atoms with Gasteiger partial charge in [0.05, 0.1) is 15.7 Å². The Morgan fingerprint density at radius 2 is 1.67 bits per heavy atom. The Morgan fingerprint density at radius 1 is 1.11 bits per heavy atom. The molecule has 0 heterocycles. The summed E-state index contributed by atoms with van der Waals surface area (Å²) in [5, 5.41) is 14.0. The molecule has 7 heteroatoms. The first-order chi connectivity index (χ1) is 8.31. The predicted octanol–water partition coefficient (Wildman–Crippen LogP) is 2.06. The van der Waals surface area contributed by atoms with Crippen molar-refractivity contribution in [1.29, 1.82) is 0 Å². The first-order valence-corrected chi connectivity index (χ1v) is 5.72. The Hall–Kier alpha value is -1.89. The molecule has 0 aliphatic rings. The van der Waals surface area contributed by atoms with Gasteiger partial charge in [0, 0.05) is 19.5 Å². The molecule has 0 aromatic heterocycles. The van der Waals surface area contributed by atoms with E-state index in [4.69, 9.17) is 5.11 Å². The summed E-state index contributed by atoms with van der Waals surface area (Å²) in [5.41, 5.74) is 0.531. The number of anilines is 2. The Bertz CT molecular complexity index is 528. The largest absolute Gasteiger partial charge is 0.478 e. The Labute approximate surface area is 112 Å². The monoisotopic (exact) mass is 314 g/mol. The predicted molar refractivity (Wildman–Crippen MR) is 69.7 cm³/mol. The van der Waals surface area contributed by atoms with Gasteiger partial charge in [-0.15, -0.1) is 0 Å². The molecule has 1 aromatic rings. The fourth-order valence-electron chi connectivity index (χ4n) is 1.34. The van der Waals surface area contributed by atoms with Crippen LogP contribution in [0.15, 0.2) is 16.6 Å². The maximum atomic E-state index is 11.0. The number of rotatable bonds is 3. The van der Waals surface area contributed by atoms with Crippen LogP contribution in [0.2, 0.25) is 0 Å². The number of nitrogens with one attached hydrogen (secondary N) is 2. The second-order valence-electron chi connectivity index (χ2n) is 3.55. The van der Waals surface area contributed by atoms with E-state index in [9.17, 15) is 14.4 Å². The molecular weight excluding hydrogens is 304 g/mol. The van der Waals surface area contributed by atoms with Gasteiger partial charge in [0.2, 0.25) is 11.8 Å². The van der Waals surface area contributed by atoms with Crippen molar-refractivity contribution in [3.8, 4) is 0 Å². The molecule has 6 nitrogen and oxygen atoms in total. The topological polar surface area (TPSA) is 95.5 Å². The molecular formula is C11H11BrN2O4. The molecule has 2 amide bonds. The van der Waals surface area contributed by atoms with Gasteiger partial charge in [-0.2, -0.15) is 0 Å². The van der Waals surface area contributed by atoms with E-state index in [1.807, 2.05) is 0 Å². The lowest BCUT2D eigenvalue weighted by Crippen LogP contribution is -2.12. The van der Waals surface area contributed by atoms with Gasteiger partial charge >= 0.3 is 5.97 Å². The normalized spacial score (nSPS) is 9.72. The van der Waals surface area contributed by atoms with Crippen molar-refractivity contribution in [2.75, 3.05) is 10.6 Å². The van der Waals surface area contributed by atoms with Crippen molar-refractivity contribution >= 4 is 45.1 Å². The molecule has 0 atom stereocenters. The molecule has 0 aliphatic carbocycles. The fourth-order valence-corrected chi connectivity index (χ4v) is 1.83. The van der Waals surface area contributed by atoms with Crippen LogP contribution < -0.4 is 10.6 Å². The van der Waals surface area contributed by atoms with E-state index >= 15 is 0 Å². The molecule has 96 valence electrons. The number of benzene rings is 1. The number of amides is 2. The van der Waals surface area contributed by atoms with E-state index in [2.05, 4.69) is 26.6 Å². The zero-order valence-electron chi connectivity index (χ0n) is 9.70. The number of hydrogen-bond acceptors (Lipinski definition) is 3. The molecule has 0 fully saturated rings. The SMILES string of the molecule is CC(=O)Nc1cc(NC(C)=O)c(Br)c(C(=O)O)c1. The number of halogens is 1. The lowest BCUT2D eigenvalue weighted by atomic mass is 10.1. The minimum Gasteiger partial charge on any atom is -0.478 e. The summed E-state index contributed by atoms with van der Waals surface area (Å²) in [4.78, 5) is 33.0. The molecule has 0 saturated carbocycles. The summed E-state index contributed by atoms with van der Waals surface area (Å²) in [7, 11) is 0. The van der Waals surface area contributed by atoms with Crippen molar-refractivity contribution < 1.29 is 19.5 Å². The van der Waals surface area contributed by atoms with E-state index in [0.717, 1.165) is 0 Å². The van der Waals surface area contributed by atoms with Crippen LogP contribution in [0.5, 0.6) is 0 Å². The quantitative estimate of drug-likeness (QED) is 0.795. The van der Waals surface area contributed by atoms with Crippen molar-refractivity contribution in [2.24, 2.45) is 0 Å². The minimum absolute atomic E-state index is 0.0509. The zero-order chi connectivity index (χ0) is 13.9. The second-order valence-corrected chi connectivity index (χ2v) is 4.35. The summed E-state index contributed by atoms with van der Waals surface area (Å²) in [5.74, 6) is -1.84. The van der Waals surface area contributed by atoms with Crippen molar-refractivity contribution in [2.45, 2.75) is 13.8 Å². The van der Waals surface area contributed by atoms with Gasteiger partial charge < -0.3 is 15.7 Å². The van der Waals surface area contributed by atoms with Crippen LogP contribution in [0.4, 0.5) is 11.4 Å². The fraction of sp³-hybridized carbons (Fsp3) is 0.182. The molecule has 3 N–H and O–H groups in total. The van der Waals surface area contributed by atoms with E-state index in [1.54, 1.807) is 0 Å². The molecule has 0 saturated heterocycles. The van der Waals surface area contributed by atoms with Crippen LogP contribution in [0.3, 0.4) is 0 Å². The van der Waals surface area contributed by atoms with Gasteiger partial charge in [-0.25, -0.2) is 4.79 Å². The number of carbonyl (C=O) groups is 3. The van der Waals surface area contributed by atoms with E-state index in [-0.39, 0.29) is 27.5 Å². The van der Waals surface area contributed by atoms with Gasteiger partial charge in [-0.05, 0) is 28.1 Å². The Morgan fingerprint density at radius 3 is 2.11 bits per heavy atom. The minimum atomic E-state index is -1.17. The summed E-state index contributed by atoms with van der Waals surface area (Å²) in [6.45, 7) is 2.61. The number of carboxylic acid groups (broad SMARTS) is 1. The standard InChI is InChI=1S/C11H11BrN2O4/c1-5(15)13-7-3-8(11(17)18)10(12)9(4-7)14-6(2)16/h3-4H,1-2H3,(H,13,15)(H,14,16)(H,17,18). The summed E-state index contributed by atoms with van der Waals surface area (Å²) in [6.07, 6.45) is 0. The highest BCUT2D eigenvalue weighted by atomic mass is 79.9. The van der Waals surface area contributed by atoms with Gasteiger partial charge in [-0.1, -0.05) is 0 Å². The van der Waals surface area contributed by atoms with Crippen LogP contribution in [-0.4, -0.2) is 22.9 Å². The number of aromatic carboxylic acids is 1. The molecule has 18 heavy (non-hydrogen) atoms. The molecule has 0 aliphatic heterocycles. The van der Waals surface area contributed by atoms with E-state index < -0.39 is 5.97 Å². The number of carboxylic acids is 1. The number of hydrogen-bond donors (Lipinski definition) is 3. The summed E-state index contributed by atoms with van der Waals surface area (Å²) in [6, 6.07) is 2.78. The molecule has 0 spiro atoms. The smallest absolute Gasteiger partial charge is 0.336 e. The first-order valence-electron chi connectivity index (χ1n) is 4.93. The molecule has 1 aromatic carbocycles. The number of carbonyl (C=O) groups excluding carboxylic acids is 2. The highest BCUT2D eigenvalue weighted by molar-refractivity contribution is 9.10. The maximum Gasteiger partial charge on any atom is 0.336 e. The van der Waals surface area contributed by atoms with Crippen LogP contribution in [0.1, 0.15) is 24.2 Å². The van der Waals surface area contributed by atoms with E-state index in [0.29, 0.717) is 5.69 Å². The Kier molecular flexibility index (Phi) is 4.43. The van der Waals surface area contributed by atoms with Crippen molar-refractivity contribution in [1.82, 2.24) is 0 Å². The molecule has 0 unspecified atom stereocenters. The van der Waals surface area contributed by atoms with Crippen molar-refractivity contribution in [3.63, 3.8) is 0 Å². The average molecular weight is 315 g/mol. The van der Waals surface area contributed by atoms with Gasteiger partial charge in [-0.3, -0.25) is 9.59 Å². The zero-order valence-corrected chi connectivity index (χ0v) is 11.3. The van der Waals surface area contributed by atoms with Gasteiger partial charge in [0.1, 0.15) is 0 Å². The van der Waals surface area contributed by atoms with Gasteiger partial charge in [0.25, 0.3) is 0 Å². The summed E-state index contributed by atoms with van der Waals surface area (Å²) >= 11 is 3.10. The second kappa shape index (κ2) is 5.63. The Balaban J connectivity index is 3.31. The van der Waals surface area contributed by atoms with Crippen LogP contribution in [0.25, 0.3) is 0 Å². The maximum absolute atomic E-state index is 11.0. The van der Waals surface area contributed by atoms with Crippen LogP contribution in [0, 0.1) is 0 Å². The lowest BCUT2D eigenvalue weighted by molar-refractivity contribution is -0.115. The first kappa shape index (κ1) is 14.2. The van der Waals surface area contributed by atoms with Gasteiger partial charge in [0.15, 0.2) is 0 Å². The molecule has 0 bridgehead atoms. The van der Waals surface area contributed by atoms with Crippen molar-refractivity contribution in [3.05, 3.63) is 22.2 Å². The summed E-state index contributed by atoms with van der Waals surface area (Å²) < 4.78 is 0.249. The molecule has 1 rings (SSSR count). The van der Waals surface area contributed by atoms with E-state index in [1.165, 1.54) is 26.0 Å². The highest BCUT2D eigenvalue weighted by Gasteiger charge is 2.15. The highest BCUT2D eigenvalue weighted by Crippen LogP contribution is 2.30. The van der Waals surface area contributed by atoms with Crippen LogP contribution in [-0.2, 0) is 9.59 Å². The lowest BCUT2D eigenvalue weighted by Gasteiger charge is -2.11. The third-order valence-corrected chi connectivity index (χ3v) is 2.79. The third kappa shape index (κ3) is 3.56. The third-order valence-electron chi connectivity index (χ3n) is 1.93. The molecule has 0 radical (unpaired) electrons.